The lowest BCUT2D eigenvalue weighted by atomic mass is 9.96. The second-order valence-corrected chi connectivity index (χ2v) is 5.77. The molecule has 0 spiro atoms. The molecule has 0 saturated carbocycles. The van der Waals surface area contributed by atoms with Crippen LogP contribution in [0.5, 0.6) is 0 Å². The molecule has 1 heteroatoms. The summed E-state index contributed by atoms with van der Waals surface area (Å²) < 4.78 is 0. The van der Waals surface area contributed by atoms with E-state index >= 15 is 0 Å². The van der Waals surface area contributed by atoms with Crippen LogP contribution in [0.3, 0.4) is 0 Å². The predicted octanol–water partition coefficient (Wildman–Crippen LogP) is 5.21. The number of benzene rings is 1. The van der Waals surface area contributed by atoms with Crippen molar-refractivity contribution in [2.45, 2.75) is 72.8 Å². The van der Waals surface area contributed by atoms with Gasteiger partial charge < -0.3 is 0 Å². The number of nitrogens with zero attached hydrogens (tertiary/aromatic N) is 1. The largest absolute Gasteiger partial charge is 0.300 e. The zero-order chi connectivity index (χ0) is 14.8. The van der Waals surface area contributed by atoms with Gasteiger partial charge in [-0.05, 0) is 55.5 Å². The van der Waals surface area contributed by atoms with Crippen molar-refractivity contribution in [2.75, 3.05) is 13.1 Å². The van der Waals surface area contributed by atoms with E-state index in [1.165, 1.54) is 44.1 Å². The highest BCUT2D eigenvalue weighted by molar-refractivity contribution is 5.32. The predicted molar refractivity (Wildman–Crippen MR) is 90.3 cm³/mol. The maximum Gasteiger partial charge on any atom is 0.0236 e. The van der Waals surface area contributed by atoms with Gasteiger partial charge in [0, 0.05) is 6.54 Å². The fourth-order valence-electron chi connectivity index (χ4n) is 2.66. The molecule has 0 amide bonds. The maximum absolute atomic E-state index is 2.51. The van der Waals surface area contributed by atoms with Gasteiger partial charge in [0.15, 0.2) is 0 Å². The summed E-state index contributed by atoms with van der Waals surface area (Å²) in [6.07, 6.45) is 7.66. The number of hydrogen-bond acceptors (Lipinski definition) is 1. The van der Waals surface area contributed by atoms with Crippen molar-refractivity contribution >= 4 is 0 Å². The Morgan fingerprint density at radius 3 is 2.05 bits per heavy atom. The van der Waals surface area contributed by atoms with Crippen LogP contribution in [0.25, 0.3) is 0 Å². The summed E-state index contributed by atoms with van der Waals surface area (Å²) in [7, 11) is 0. The average Bonchev–Trinajstić information content (AvgIpc) is 2.49. The van der Waals surface area contributed by atoms with Crippen molar-refractivity contribution in [3.63, 3.8) is 0 Å². The van der Waals surface area contributed by atoms with Crippen LogP contribution in [0.1, 0.15) is 70.1 Å². The molecule has 0 fully saturated rings. The molecule has 0 aliphatic carbocycles. The van der Waals surface area contributed by atoms with Crippen molar-refractivity contribution in [1.82, 2.24) is 4.90 Å². The molecule has 1 nitrogen and oxygen atoms in total. The molecule has 0 heterocycles. The fourth-order valence-corrected chi connectivity index (χ4v) is 2.66. The van der Waals surface area contributed by atoms with Crippen LogP contribution in [0.15, 0.2) is 18.2 Å². The van der Waals surface area contributed by atoms with Gasteiger partial charge in [-0.3, -0.25) is 4.90 Å². The molecule has 0 atom stereocenters. The number of unbranched alkanes of at least 4 members (excludes halogenated alkanes) is 2. The molecule has 0 aliphatic heterocycles. The molecule has 0 radical (unpaired) electrons. The summed E-state index contributed by atoms with van der Waals surface area (Å²) in [6, 6.07) is 7.21. The Kier molecular flexibility index (Phi) is 8.60. The van der Waals surface area contributed by atoms with Gasteiger partial charge in [0.05, 0.1) is 0 Å². The quantitative estimate of drug-likeness (QED) is 0.566. The van der Waals surface area contributed by atoms with E-state index in [1.54, 1.807) is 11.1 Å². The third-order valence-corrected chi connectivity index (χ3v) is 4.18. The minimum Gasteiger partial charge on any atom is -0.300 e. The Hall–Kier alpha value is -0.820. The maximum atomic E-state index is 2.51. The second-order valence-electron chi connectivity index (χ2n) is 5.77. The SMILES string of the molecule is CCCCc1ccc(CN(CC)CC)c(CCCC)c1. The molecule has 1 aromatic carbocycles. The minimum absolute atomic E-state index is 1.11. The van der Waals surface area contributed by atoms with E-state index in [-0.39, 0.29) is 0 Å². The summed E-state index contributed by atoms with van der Waals surface area (Å²) >= 11 is 0. The van der Waals surface area contributed by atoms with Gasteiger partial charge in [-0.25, -0.2) is 0 Å². The summed E-state index contributed by atoms with van der Waals surface area (Å²) in [4.78, 5) is 2.51. The Morgan fingerprint density at radius 1 is 0.800 bits per heavy atom. The number of aryl methyl sites for hydroxylation is 2. The van der Waals surface area contributed by atoms with Crippen LogP contribution in [0.2, 0.25) is 0 Å². The third-order valence-electron chi connectivity index (χ3n) is 4.18. The molecule has 20 heavy (non-hydrogen) atoms. The lowest BCUT2D eigenvalue weighted by molar-refractivity contribution is 0.295. The molecular weight excluding hydrogens is 242 g/mol. The fraction of sp³-hybridized carbons (Fsp3) is 0.684. The summed E-state index contributed by atoms with van der Waals surface area (Å²) in [5.41, 5.74) is 4.66. The highest BCUT2D eigenvalue weighted by Gasteiger charge is 2.07. The summed E-state index contributed by atoms with van der Waals surface area (Å²) in [5, 5.41) is 0. The third kappa shape index (κ3) is 5.66. The first kappa shape index (κ1) is 17.2. The zero-order valence-corrected chi connectivity index (χ0v) is 14.0. The first-order valence-corrected chi connectivity index (χ1v) is 8.58. The van der Waals surface area contributed by atoms with Crippen molar-refractivity contribution in [3.05, 3.63) is 34.9 Å². The van der Waals surface area contributed by atoms with E-state index in [0.717, 1.165) is 19.6 Å². The normalized spacial score (nSPS) is 11.2. The lowest BCUT2D eigenvalue weighted by Crippen LogP contribution is -2.22. The lowest BCUT2D eigenvalue weighted by Gasteiger charge is -2.21. The van der Waals surface area contributed by atoms with Gasteiger partial charge in [0.25, 0.3) is 0 Å². The first-order valence-electron chi connectivity index (χ1n) is 8.58. The van der Waals surface area contributed by atoms with Crippen molar-refractivity contribution in [2.24, 2.45) is 0 Å². The molecule has 0 aliphatic rings. The molecule has 0 N–H and O–H groups in total. The summed E-state index contributed by atoms with van der Waals surface area (Å²) in [6.45, 7) is 12.5. The van der Waals surface area contributed by atoms with E-state index in [9.17, 15) is 0 Å². The van der Waals surface area contributed by atoms with E-state index < -0.39 is 0 Å². The Labute approximate surface area is 126 Å². The van der Waals surface area contributed by atoms with E-state index in [0.29, 0.717) is 0 Å². The van der Waals surface area contributed by atoms with E-state index in [1.807, 2.05) is 0 Å². The molecule has 0 unspecified atom stereocenters. The van der Waals surface area contributed by atoms with Crippen LogP contribution in [-0.2, 0) is 19.4 Å². The van der Waals surface area contributed by atoms with Gasteiger partial charge in [0.1, 0.15) is 0 Å². The second kappa shape index (κ2) is 9.99. The molecule has 114 valence electrons. The first-order chi connectivity index (χ1) is 9.74. The van der Waals surface area contributed by atoms with Gasteiger partial charge in [-0.15, -0.1) is 0 Å². The zero-order valence-electron chi connectivity index (χ0n) is 14.0. The van der Waals surface area contributed by atoms with Crippen LogP contribution < -0.4 is 0 Å². The molecule has 0 saturated heterocycles. The standard InChI is InChI=1S/C19H33N/c1-5-9-11-17-13-14-19(16-20(7-3)8-4)18(15-17)12-10-6-2/h13-15H,5-12,16H2,1-4H3. The Balaban J connectivity index is 2.84. The molecule has 0 bridgehead atoms. The van der Waals surface area contributed by atoms with Gasteiger partial charge in [0.2, 0.25) is 0 Å². The summed E-state index contributed by atoms with van der Waals surface area (Å²) in [5.74, 6) is 0. The van der Waals surface area contributed by atoms with E-state index in [4.69, 9.17) is 0 Å². The van der Waals surface area contributed by atoms with Crippen LogP contribution in [0.4, 0.5) is 0 Å². The van der Waals surface area contributed by atoms with Crippen LogP contribution >= 0.6 is 0 Å². The topological polar surface area (TPSA) is 3.24 Å². The Morgan fingerprint density at radius 2 is 1.45 bits per heavy atom. The number of hydrogen-bond donors (Lipinski definition) is 0. The molecule has 1 aromatic rings. The smallest absolute Gasteiger partial charge is 0.0236 e. The van der Waals surface area contributed by atoms with Gasteiger partial charge >= 0.3 is 0 Å². The van der Waals surface area contributed by atoms with Crippen LogP contribution in [-0.4, -0.2) is 18.0 Å². The molecule has 0 aromatic heterocycles. The van der Waals surface area contributed by atoms with E-state index in [2.05, 4.69) is 50.8 Å². The van der Waals surface area contributed by atoms with Crippen molar-refractivity contribution < 1.29 is 0 Å². The Bertz CT molecular complexity index is 366. The number of rotatable bonds is 10. The molecule has 1 rings (SSSR count). The monoisotopic (exact) mass is 275 g/mol. The highest BCUT2D eigenvalue weighted by Crippen LogP contribution is 2.18. The van der Waals surface area contributed by atoms with Crippen molar-refractivity contribution in [1.29, 1.82) is 0 Å². The molecular formula is C19H33N. The van der Waals surface area contributed by atoms with Crippen molar-refractivity contribution in [3.8, 4) is 0 Å². The van der Waals surface area contributed by atoms with Gasteiger partial charge in [-0.1, -0.05) is 58.7 Å². The van der Waals surface area contributed by atoms with Crippen LogP contribution in [0, 0.1) is 0 Å². The average molecular weight is 275 g/mol. The minimum atomic E-state index is 1.11. The highest BCUT2D eigenvalue weighted by atomic mass is 15.1. The van der Waals surface area contributed by atoms with Gasteiger partial charge in [-0.2, -0.15) is 0 Å².